The van der Waals surface area contributed by atoms with Crippen LogP contribution < -0.4 is 19.1 Å². The van der Waals surface area contributed by atoms with Crippen LogP contribution in [0.15, 0.2) is 77.7 Å². The van der Waals surface area contributed by atoms with E-state index in [1.54, 1.807) is 24.3 Å². The molecular formula is C22H22ClN3O6S2. The molecule has 0 bridgehead atoms. The number of hydrogen-bond acceptors (Lipinski definition) is 6. The molecule has 0 heterocycles. The fourth-order valence-electron chi connectivity index (χ4n) is 2.93. The molecule has 12 heteroatoms. The van der Waals surface area contributed by atoms with Crippen molar-refractivity contribution in [3.63, 3.8) is 0 Å². The number of nitrogens with zero attached hydrogens (tertiary/aromatic N) is 1. The molecule has 0 saturated carbocycles. The third-order valence-electron chi connectivity index (χ3n) is 4.59. The topological polar surface area (TPSA) is 122 Å². The molecule has 2 N–H and O–H groups in total. The molecule has 180 valence electrons. The predicted octanol–water partition coefficient (Wildman–Crippen LogP) is 3.55. The largest absolute Gasteiger partial charge is 0.497 e. The average Bonchev–Trinajstić information content (AvgIpc) is 2.79. The van der Waals surface area contributed by atoms with Gasteiger partial charge in [0.2, 0.25) is 15.9 Å². The molecule has 0 aliphatic rings. The maximum Gasteiger partial charge on any atom is 0.261 e. The molecule has 0 fully saturated rings. The summed E-state index contributed by atoms with van der Waals surface area (Å²) in [4.78, 5) is 12.5. The molecule has 0 aromatic heterocycles. The molecule has 9 nitrogen and oxygen atoms in total. The van der Waals surface area contributed by atoms with E-state index < -0.39 is 32.5 Å². The fraction of sp³-hybridized carbons (Fsp3) is 0.136. The summed E-state index contributed by atoms with van der Waals surface area (Å²) in [6, 6.07) is 17.9. The first-order valence-electron chi connectivity index (χ1n) is 9.78. The number of nitrogens with one attached hydrogen (secondary N) is 2. The van der Waals surface area contributed by atoms with Crippen molar-refractivity contribution in [2.75, 3.05) is 34.3 Å². The van der Waals surface area contributed by atoms with Crippen molar-refractivity contribution in [2.24, 2.45) is 0 Å². The Morgan fingerprint density at radius 2 is 1.44 bits per heavy atom. The summed E-state index contributed by atoms with van der Waals surface area (Å²) in [6.45, 7) is -0.469. The van der Waals surface area contributed by atoms with Gasteiger partial charge in [-0.3, -0.25) is 13.8 Å². The fourth-order valence-corrected chi connectivity index (χ4v) is 4.97. The molecule has 0 spiro atoms. The van der Waals surface area contributed by atoms with E-state index in [9.17, 15) is 21.6 Å². The van der Waals surface area contributed by atoms with Crippen molar-refractivity contribution in [3.05, 3.63) is 77.8 Å². The standard InChI is InChI=1S/C22H22ClN3O6S2/c1-32-20-11-9-19(10-12-20)26(33(2,28)29)15-22(27)24-17-7-13-21(14-8-17)34(30,31)25-18-5-3-16(23)4-6-18/h3-14,25H,15H2,1-2H3,(H,24,27). The summed E-state index contributed by atoms with van der Waals surface area (Å²) < 4.78 is 58.0. The zero-order valence-corrected chi connectivity index (χ0v) is 20.6. The van der Waals surface area contributed by atoms with E-state index in [1.165, 1.54) is 55.6 Å². The molecule has 3 rings (SSSR count). The predicted molar refractivity (Wildman–Crippen MR) is 133 cm³/mol. The van der Waals surface area contributed by atoms with Crippen molar-refractivity contribution >= 4 is 54.6 Å². The second-order valence-electron chi connectivity index (χ2n) is 7.15. The van der Waals surface area contributed by atoms with Gasteiger partial charge in [-0.15, -0.1) is 0 Å². The van der Waals surface area contributed by atoms with E-state index in [-0.39, 0.29) is 4.90 Å². The molecule has 0 unspecified atom stereocenters. The smallest absolute Gasteiger partial charge is 0.261 e. The molecule has 0 aliphatic carbocycles. The number of methoxy groups -OCH3 is 1. The molecule has 0 aliphatic heterocycles. The highest BCUT2D eigenvalue weighted by molar-refractivity contribution is 7.92. The van der Waals surface area contributed by atoms with E-state index in [1.807, 2.05) is 0 Å². The van der Waals surface area contributed by atoms with Crippen molar-refractivity contribution in [3.8, 4) is 5.75 Å². The van der Waals surface area contributed by atoms with E-state index >= 15 is 0 Å². The number of anilines is 3. The minimum atomic E-state index is -3.86. The number of amides is 1. The normalized spacial score (nSPS) is 11.5. The lowest BCUT2D eigenvalue weighted by atomic mass is 10.3. The quantitative estimate of drug-likeness (QED) is 0.442. The first kappa shape index (κ1) is 25.3. The van der Waals surface area contributed by atoms with Gasteiger partial charge in [-0.05, 0) is 72.8 Å². The van der Waals surface area contributed by atoms with Crippen LogP contribution in [0, 0.1) is 0 Å². The summed E-state index contributed by atoms with van der Waals surface area (Å²) in [5.74, 6) is -0.0570. The summed E-state index contributed by atoms with van der Waals surface area (Å²) in [5.41, 5.74) is 0.952. The Balaban J connectivity index is 1.69. The van der Waals surface area contributed by atoms with Gasteiger partial charge in [-0.25, -0.2) is 16.8 Å². The zero-order chi connectivity index (χ0) is 24.9. The lowest BCUT2D eigenvalue weighted by Gasteiger charge is -2.22. The Labute approximate surface area is 203 Å². The highest BCUT2D eigenvalue weighted by Crippen LogP contribution is 2.22. The SMILES string of the molecule is COc1ccc(N(CC(=O)Nc2ccc(S(=O)(=O)Nc3ccc(Cl)cc3)cc2)S(C)(=O)=O)cc1. The van der Waals surface area contributed by atoms with E-state index in [4.69, 9.17) is 16.3 Å². The first-order chi connectivity index (χ1) is 16.0. The van der Waals surface area contributed by atoms with Crippen LogP contribution in [-0.4, -0.2) is 42.7 Å². The summed E-state index contributed by atoms with van der Waals surface area (Å²) in [7, 11) is -6.12. The number of halogens is 1. The van der Waals surface area contributed by atoms with Crippen LogP contribution in [-0.2, 0) is 24.8 Å². The van der Waals surface area contributed by atoms with Gasteiger partial charge in [0, 0.05) is 16.4 Å². The maximum absolute atomic E-state index is 12.6. The first-order valence-corrected chi connectivity index (χ1v) is 13.5. The molecule has 1 amide bonds. The lowest BCUT2D eigenvalue weighted by Crippen LogP contribution is -2.37. The second-order valence-corrected chi connectivity index (χ2v) is 11.2. The number of benzene rings is 3. The highest BCUT2D eigenvalue weighted by Gasteiger charge is 2.21. The minimum Gasteiger partial charge on any atom is -0.497 e. The molecule has 0 radical (unpaired) electrons. The van der Waals surface area contributed by atoms with Crippen LogP contribution in [0.5, 0.6) is 5.75 Å². The minimum absolute atomic E-state index is 0.0172. The Bertz CT molecular complexity index is 1360. The molecular weight excluding hydrogens is 502 g/mol. The summed E-state index contributed by atoms with van der Waals surface area (Å²) in [6.07, 6.45) is 0.998. The zero-order valence-electron chi connectivity index (χ0n) is 18.2. The van der Waals surface area contributed by atoms with Crippen LogP contribution in [0.25, 0.3) is 0 Å². The van der Waals surface area contributed by atoms with Crippen molar-refractivity contribution in [2.45, 2.75) is 4.90 Å². The van der Waals surface area contributed by atoms with Crippen molar-refractivity contribution in [1.82, 2.24) is 0 Å². The molecule has 3 aromatic rings. The molecule has 3 aromatic carbocycles. The van der Waals surface area contributed by atoms with Gasteiger partial charge in [0.1, 0.15) is 12.3 Å². The number of ether oxygens (including phenoxy) is 1. The van der Waals surface area contributed by atoms with Crippen LogP contribution in [0.3, 0.4) is 0 Å². The van der Waals surface area contributed by atoms with Crippen molar-refractivity contribution in [1.29, 1.82) is 0 Å². The Kier molecular flexibility index (Phi) is 7.70. The van der Waals surface area contributed by atoms with Crippen molar-refractivity contribution < 1.29 is 26.4 Å². The second kappa shape index (κ2) is 10.3. The number of carbonyl (C=O) groups is 1. The van der Waals surface area contributed by atoms with E-state index in [2.05, 4.69) is 10.0 Å². The Hall–Kier alpha value is -3.28. The molecule has 0 saturated heterocycles. The summed E-state index contributed by atoms with van der Waals surface area (Å²) in [5, 5.41) is 3.05. The van der Waals surface area contributed by atoms with Gasteiger partial charge in [0.25, 0.3) is 10.0 Å². The molecule has 34 heavy (non-hydrogen) atoms. The Morgan fingerprint density at radius 1 is 0.882 bits per heavy atom. The van der Waals surface area contributed by atoms with Gasteiger partial charge in [-0.1, -0.05) is 11.6 Å². The van der Waals surface area contributed by atoms with Crippen LogP contribution in [0.4, 0.5) is 17.1 Å². The number of sulfonamides is 2. The Morgan fingerprint density at radius 3 is 1.97 bits per heavy atom. The van der Waals surface area contributed by atoms with Crippen LogP contribution in [0.1, 0.15) is 0 Å². The van der Waals surface area contributed by atoms with Gasteiger partial charge in [0.15, 0.2) is 0 Å². The van der Waals surface area contributed by atoms with E-state index in [0.29, 0.717) is 27.8 Å². The number of hydrogen-bond donors (Lipinski definition) is 2. The van der Waals surface area contributed by atoms with Gasteiger partial charge >= 0.3 is 0 Å². The van der Waals surface area contributed by atoms with Gasteiger partial charge < -0.3 is 10.1 Å². The highest BCUT2D eigenvalue weighted by atomic mass is 35.5. The van der Waals surface area contributed by atoms with Crippen LogP contribution >= 0.6 is 11.6 Å². The molecule has 0 atom stereocenters. The monoisotopic (exact) mass is 523 g/mol. The van der Waals surface area contributed by atoms with Gasteiger partial charge in [0.05, 0.1) is 23.9 Å². The van der Waals surface area contributed by atoms with Crippen LogP contribution in [0.2, 0.25) is 5.02 Å². The third-order valence-corrected chi connectivity index (χ3v) is 7.38. The third kappa shape index (κ3) is 6.62. The lowest BCUT2D eigenvalue weighted by molar-refractivity contribution is -0.114. The average molecular weight is 524 g/mol. The summed E-state index contributed by atoms with van der Waals surface area (Å²) >= 11 is 5.81. The maximum atomic E-state index is 12.6. The van der Waals surface area contributed by atoms with E-state index in [0.717, 1.165) is 10.6 Å². The number of carbonyl (C=O) groups excluding carboxylic acids is 1. The number of rotatable bonds is 9. The van der Waals surface area contributed by atoms with Gasteiger partial charge in [-0.2, -0.15) is 0 Å².